The molecule has 3 aromatic carbocycles. The van der Waals surface area contributed by atoms with Gasteiger partial charge in [0.2, 0.25) is 0 Å². The molecule has 1 aliphatic heterocycles. The van der Waals surface area contributed by atoms with Gasteiger partial charge in [-0.2, -0.15) is 5.26 Å². The summed E-state index contributed by atoms with van der Waals surface area (Å²) in [6.07, 6.45) is 1.69. The lowest BCUT2D eigenvalue weighted by atomic mass is 10.1. The number of thioether (sulfide) groups is 1. The van der Waals surface area contributed by atoms with E-state index in [9.17, 15) is 9.59 Å². The fourth-order valence-electron chi connectivity index (χ4n) is 3.08. The first-order valence-electron chi connectivity index (χ1n) is 8.97. The molecule has 2 amide bonds. The molecule has 1 aliphatic rings. The van der Waals surface area contributed by atoms with Crippen molar-refractivity contribution in [2.24, 2.45) is 0 Å². The molecular weight excluding hydrogens is 384 g/mol. The molecule has 0 radical (unpaired) electrons. The number of fused-ring (bicyclic) bond motifs is 1. The summed E-state index contributed by atoms with van der Waals surface area (Å²) in [5.74, 6) is 0.283. The molecule has 1 fully saturated rings. The number of rotatable bonds is 5. The minimum atomic E-state index is -0.294. The van der Waals surface area contributed by atoms with E-state index in [1.807, 2.05) is 48.5 Å². The minimum Gasteiger partial charge on any atom is -0.479 e. The van der Waals surface area contributed by atoms with Crippen LogP contribution in [0, 0.1) is 11.3 Å². The molecule has 5 nitrogen and oxygen atoms in total. The van der Waals surface area contributed by atoms with Crippen LogP contribution in [0.4, 0.5) is 4.79 Å². The van der Waals surface area contributed by atoms with Gasteiger partial charge in [-0.3, -0.25) is 14.5 Å². The van der Waals surface area contributed by atoms with E-state index in [1.165, 1.54) is 4.90 Å². The van der Waals surface area contributed by atoms with Gasteiger partial charge in [0, 0.05) is 0 Å². The van der Waals surface area contributed by atoms with Crippen molar-refractivity contribution in [1.29, 1.82) is 5.26 Å². The van der Waals surface area contributed by atoms with Gasteiger partial charge >= 0.3 is 0 Å². The normalized spacial score (nSPS) is 15.1. The third kappa shape index (κ3) is 4.15. The fraction of sp³-hybridized carbons (Fsp3) is 0.0870. The van der Waals surface area contributed by atoms with Crippen molar-refractivity contribution in [3.05, 3.63) is 82.8 Å². The average Bonchev–Trinajstić information content (AvgIpc) is 3.00. The predicted octanol–water partition coefficient (Wildman–Crippen LogP) is 4.98. The first-order chi connectivity index (χ1) is 14.1. The smallest absolute Gasteiger partial charge is 0.293 e. The van der Waals surface area contributed by atoms with Gasteiger partial charge in [-0.1, -0.05) is 48.5 Å². The van der Waals surface area contributed by atoms with Gasteiger partial charge in [0.05, 0.1) is 11.4 Å². The molecular formula is C23H16N2O3S. The Kier molecular flexibility index (Phi) is 5.32. The van der Waals surface area contributed by atoms with Crippen LogP contribution in [-0.4, -0.2) is 22.7 Å². The number of nitrogens with zero attached hydrogens (tertiary/aromatic N) is 2. The lowest BCUT2D eigenvalue weighted by molar-refractivity contribution is -0.123. The average molecular weight is 400 g/mol. The summed E-state index contributed by atoms with van der Waals surface area (Å²) in [6, 6.07) is 22.8. The summed E-state index contributed by atoms with van der Waals surface area (Å²) >= 11 is 0.942. The van der Waals surface area contributed by atoms with Crippen LogP contribution < -0.4 is 4.74 Å². The second-order valence-corrected chi connectivity index (χ2v) is 7.46. The first-order valence-corrected chi connectivity index (χ1v) is 9.78. The third-order valence-corrected chi connectivity index (χ3v) is 5.42. The van der Waals surface area contributed by atoms with Crippen molar-refractivity contribution in [2.45, 2.75) is 6.54 Å². The number of carbonyl (C=O) groups excluding carboxylic acids is 2. The van der Waals surface area contributed by atoms with Gasteiger partial charge in [0.1, 0.15) is 11.8 Å². The summed E-state index contributed by atoms with van der Waals surface area (Å²) in [4.78, 5) is 26.8. The number of ether oxygens (including phenoxy) is 1. The maximum Gasteiger partial charge on any atom is 0.293 e. The van der Waals surface area contributed by atoms with Gasteiger partial charge in [-0.25, -0.2) is 0 Å². The van der Waals surface area contributed by atoms with Crippen molar-refractivity contribution >= 4 is 39.8 Å². The molecule has 1 heterocycles. The number of hydrogen-bond donors (Lipinski definition) is 0. The number of carbonyl (C=O) groups is 2. The van der Waals surface area contributed by atoms with E-state index < -0.39 is 0 Å². The fourth-order valence-corrected chi connectivity index (χ4v) is 3.92. The quantitative estimate of drug-likeness (QED) is 0.565. The highest BCUT2D eigenvalue weighted by Crippen LogP contribution is 2.33. The Balaban J connectivity index is 1.50. The highest BCUT2D eigenvalue weighted by molar-refractivity contribution is 8.18. The maximum absolute atomic E-state index is 12.8. The van der Waals surface area contributed by atoms with Crippen molar-refractivity contribution in [1.82, 2.24) is 4.90 Å². The van der Waals surface area contributed by atoms with E-state index in [-0.39, 0.29) is 24.3 Å². The molecule has 0 aromatic heterocycles. The Morgan fingerprint density at radius 3 is 2.52 bits per heavy atom. The SMILES string of the molecule is N#CCOc1ccc(/C=C2\SC(=O)N(Cc3ccc4ccccc4c3)C2=O)cc1. The second kappa shape index (κ2) is 8.21. The maximum atomic E-state index is 12.8. The molecule has 0 aliphatic carbocycles. The van der Waals surface area contributed by atoms with E-state index in [0.717, 1.165) is 33.7 Å². The summed E-state index contributed by atoms with van der Waals surface area (Å²) in [6.45, 7) is 0.223. The summed E-state index contributed by atoms with van der Waals surface area (Å²) in [5.41, 5.74) is 1.69. The lowest BCUT2D eigenvalue weighted by Gasteiger charge is -2.13. The van der Waals surface area contributed by atoms with Crippen LogP contribution in [0.25, 0.3) is 16.8 Å². The highest BCUT2D eigenvalue weighted by Gasteiger charge is 2.34. The molecule has 0 saturated carbocycles. The minimum absolute atomic E-state index is 0.0208. The van der Waals surface area contributed by atoms with E-state index in [1.54, 1.807) is 30.3 Å². The molecule has 0 spiro atoms. The highest BCUT2D eigenvalue weighted by atomic mass is 32.2. The molecule has 3 aromatic rings. The Morgan fingerprint density at radius 2 is 1.76 bits per heavy atom. The Morgan fingerprint density at radius 1 is 1.00 bits per heavy atom. The van der Waals surface area contributed by atoms with Gasteiger partial charge in [0.15, 0.2) is 6.61 Å². The Bertz CT molecular complexity index is 1160. The number of nitriles is 1. The topological polar surface area (TPSA) is 70.4 Å². The molecule has 1 saturated heterocycles. The van der Waals surface area contributed by atoms with Crippen LogP contribution in [0.3, 0.4) is 0 Å². The third-order valence-electron chi connectivity index (χ3n) is 4.51. The van der Waals surface area contributed by atoms with E-state index in [4.69, 9.17) is 10.00 Å². The number of hydrogen-bond acceptors (Lipinski definition) is 5. The van der Waals surface area contributed by atoms with Gasteiger partial charge < -0.3 is 4.74 Å². The zero-order valence-corrected chi connectivity index (χ0v) is 16.2. The molecule has 4 rings (SSSR count). The molecule has 142 valence electrons. The molecule has 29 heavy (non-hydrogen) atoms. The van der Waals surface area contributed by atoms with Crippen LogP contribution >= 0.6 is 11.8 Å². The van der Waals surface area contributed by atoms with Crippen LogP contribution in [0.2, 0.25) is 0 Å². The number of amides is 2. The van der Waals surface area contributed by atoms with Gasteiger partial charge in [-0.05, 0) is 57.9 Å². The lowest BCUT2D eigenvalue weighted by Crippen LogP contribution is -2.27. The van der Waals surface area contributed by atoms with E-state index >= 15 is 0 Å². The second-order valence-electron chi connectivity index (χ2n) is 6.47. The monoisotopic (exact) mass is 400 g/mol. The molecule has 0 atom stereocenters. The van der Waals surface area contributed by atoms with Crippen LogP contribution in [0.5, 0.6) is 5.75 Å². The predicted molar refractivity (Wildman–Crippen MR) is 113 cm³/mol. The van der Waals surface area contributed by atoms with Gasteiger partial charge in [0.25, 0.3) is 11.1 Å². The van der Waals surface area contributed by atoms with E-state index in [2.05, 4.69) is 0 Å². The number of benzene rings is 3. The van der Waals surface area contributed by atoms with Crippen LogP contribution in [0.15, 0.2) is 71.6 Å². The largest absolute Gasteiger partial charge is 0.479 e. The summed E-state index contributed by atoms with van der Waals surface area (Å²) in [7, 11) is 0. The summed E-state index contributed by atoms with van der Waals surface area (Å²) in [5, 5.41) is 10.5. The zero-order valence-electron chi connectivity index (χ0n) is 15.4. The number of imide groups is 1. The van der Waals surface area contributed by atoms with Crippen LogP contribution in [-0.2, 0) is 11.3 Å². The molecule has 0 N–H and O–H groups in total. The van der Waals surface area contributed by atoms with E-state index in [0.29, 0.717) is 10.7 Å². The molecule has 0 bridgehead atoms. The van der Waals surface area contributed by atoms with Crippen LogP contribution in [0.1, 0.15) is 11.1 Å². The molecule has 0 unspecified atom stereocenters. The first kappa shape index (κ1) is 18.8. The summed E-state index contributed by atoms with van der Waals surface area (Å²) < 4.78 is 5.22. The Hall–Kier alpha value is -3.56. The van der Waals surface area contributed by atoms with Gasteiger partial charge in [-0.15, -0.1) is 0 Å². The molecule has 6 heteroatoms. The zero-order chi connectivity index (χ0) is 20.2. The van der Waals surface area contributed by atoms with Crippen molar-refractivity contribution in [2.75, 3.05) is 6.61 Å². The van der Waals surface area contributed by atoms with Crippen molar-refractivity contribution in [3.63, 3.8) is 0 Å². The van der Waals surface area contributed by atoms with Crippen molar-refractivity contribution in [3.8, 4) is 11.8 Å². The Labute approximate surface area is 172 Å². The standard InChI is InChI=1S/C23H16N2O3S/c24-11-12-28-20-9-6-16(7-10-20)14-21-22(26)25(23(27)29-21)15-17-5-8-18-3-1-2-4-19(18)13-17/h1-10,13-14H,12,15H2/b21-14-. The van der Waals surface area contributed by atoms with Crippen molar-refractivity contribution < 1.29 is 14.3 Å².